The van der Waals surface area contributed by atoms with Gasteiger partial charge in [-0.3, -0.25) is 4.68 Å². The molecule has 0 amide bonds. The van der Waals surface area contributed by atoms with E-state index >= 15 is 0 Å². The number of hydrogen-bond donors (Lipinski definition) is 1. The van der Waals surface area contributed by atoms with Crippen LogP contribution in [0.4, 0.5) is 0 Å². The second-order valence-corrected chi connectivity index (χ2v) is 4.69. The third-order valence-corrected chi connectivity index (χ3v) is 3.64. The van der Waals surface area contributed by atoms with Crippen LogP contribution in [0.5, 0.6) is 0 Å². The fraction of sp³-hybridized carbons (Fsp3) is 0.625. The molecule has 2 heterocycles. The Morgan fingerprint density at radius 2 is 2.54 bits per heavy atom. The van der Waals surface area contributed by atoms with E-state index in [0.717, 1.165) is 17.3 Å². The molecular formula is C8H12ClN3S. The molecule has 1 aromatic rings. The third-order valence-electron chi connectivity index (χ3n) is 2.05. The Hall–Kier alpha value is -0.190. The van der Waals surface area contributed by atoms with E-state index in [0.29, 0.717) is 6.04 Å². The summed E-state index contributed by atoms with van der Waals surface area (Å²) in [5, 5.41) is 8.42. The van der Waals surface area contributed by atoms with Gasteiger partial charge in [0.15, 0.2) is 0 Å². The lowest BCUT2D eigenvalue weighted by atomic mass is 10.3. The number of rotatable bonds is 3. The summed E-state index contributed by atoms with van der Waals surface area (Å²) in [6.07, 6.45) is 1.83. The van der Waals surface area contributed by atoms with Crippen molar-refractivity contribution in [2.24, 2.45) is 7.05 Å². The van der Waals surface area contributed by atoms with Crippen molar-refractivity contribution in [1.29, 1.82) is 0 Å². The van der Waals surface area contributed by atoms with Crippen molar-refractivity contribution in [3.8, 4) is 0 Å². The van der Waals surface area contributed by atoms with Crippen molar-refractivity contribution >= 4 is 23.4 Å². The van der Waals surface area contributed by atoms with Crippen molar-refractivity contribution in [1.82, 2.24) is 15.1 Å². The summed E-state index contributed by atoms with van der Waals surface area (Å²) in [4.78, 5) is 0. The first-order valence-corrected chi connectivity index (χ1v) is 5.78. The molecule has 1 aliphatic heterocycles. The van der Waals surface area contributed by atoms with Gasteiger partial charge in [0.25, 0.3) is 0 Å². The summed E-state index contributed by atoms with van der Waals surface area (Å²) in [6.45, 7) is 0.783. The third kappa shape index (κ3) is 2.18. The minimum atomic E-state index is 0.656. The molecule has 0 radical (unpaired) electrons. The maximum Gasteiger partial charge on any atom is 0.0948 e. The Balaban J connectivity index is 1.89. The van der Waals surface area contributed by atoms with Crippen molar-refractivity contribution in [3.63, 3.8) is 0 Å². The molecule has 0 atom stereocenters. The quantitative estimate of drug-likeness (QED) is 0.828. The second-order valence-electron chi connectivity index (χ2n) is 3.21. The van der Waals surface area contributed by atoms with Crippen LogP contribution < -0.4 is 5.32 Å². The van der Waals surface area contributed by atoms with Gasteiger partial charge in [0.1, 0.15) is 0 Å². The number of thioether (sulfide) groups is 1. The van der Waals surface area contributed by atoms with Crippen LogP contribution in [0.2, 0.25) is 5.02 Å². The molecule has 72 valence electrons. The Kier molecular flexibility index (Phi) is 2.81. The van der Waals surface area contributed by atoms with E-state index in [1.807, 2.05) is 25.0 Å². The van der Waals surface area contributed by atoms with Crippen LogP contribution in [0.15, 0.2) is 6.20 Å². The molecule has 1 fully saturated rings. The Morgan fingerprint density at radius 3 is 3.00 bits per heavy atom. The molecule has 1 aromatic heterocycles. The van der Waals surface area contributed by atoms with Gasteiger partial charge >= 0.3 is 0 Å². The molecule has 13 heavy (non-hydrogen) atoms. The molecule has 1 N–H and O–H groups in total. The van der Waals surface area contributed by atoms with E-state index in [4.69, 9.17) is 11.6 Å². The van der Waals surface area contributed by atoms with E-state index in [9.17, 15) is 0 Å². The zero-order valence-corrected chi connectivity index (χ0v) is 9.03. The van der Waals surface area contributed by atoms with Gasteiger partial charge in [-0.05, 0) is 0 Å². The van der Waals surface area contributed by atoms with Crippen molar-refractivity contribution < 1.29 is 0 Å². The van der Waals surface area contributed by atoms with E-state index < -0.39 is 0 Å². The van der Waals surface area contributed by atoms with Gasteiger partial charge in [0.05, 0.1) is 10.7 Å². The van der Waals surface area contributed by atoms with Crippen molar-refractivity contribution in [2.45, 2.75) is 12.6 Å². The van der Waals surface area contributed by atoms with Gasteiger partial charge in [0, 0.05) is 37.3 Å². The van der Waals surface area contributed by atoms with E-state index in [1.54, 1.807) is 4.68 Å². The summed E-state index contributed by atoms with van der Waals surface area (Å²) in [7, 11) is 1.88. The van der Waals surface area contributed by atoms with Gasteiger partial charge in [-0.2, -0.15) is 16.9 Å². The molecule has 0 saturated carbocycles. The van der Waals surface area contributed by atoms with Gasteiger partial charge < -0.3 is 5.32 Å². The van der Waals surface area contributed by atoms with Gasteiger partial charge in [-0.25, -0.2) is 0 Å². The maximum atomic E-state index is 5.96. The van der Waals surface area contributed by atoms with Gasteiger partial charge in [-0.15, -0.1) is 0 Å². The van der Waals surface area contributed by atoms with Crippen LogP contribution >= 0.6 is 23.4 Å². The SMILES string of the molecule is Cn1cc(Cl)c(CNC2CSC2)n1. The summed E-state index contributed by atoms with van der Waals surface area (Å²) >= 11 is 7.93. The highest BCUT2D eigenvalue weighted by molar-refractivity contribution is 8.00. The van der Waals surface area contributed by atoms with Crippen LogP contribution in [0, 0.1) is 0 Å². The molecule has 0 unspecified atom stereocenters. The molecule has 2 rings (SSSR count). The topological polar surface area (TPSA) is 29.9 Å². The van der Waals surface area contributed by atoms with E-state index in [-0.39, 0.29) is 0 Å². The van der Waals surface area contributed by atoms with Crippen LogP contribution in [0.3, 0.4) is 0 Å². The second kappa shape index (κ2) is 3.90. The lowest BCUT2D eigenvalue weighted by Gasteiger charge is -2.25. The summed E-state index contributed by atoms with van der Waals surface area (Å²) in [5.74, 6) is 2.43. The number of aryl methyl sites for hydroxylation is 1. The van der Waals surface area contributed by atoms with Crippen LogP contribution in [-0.2, 0) is 13.6 Å². The van der Waals surface area contributed by atoms with Crippen LogP contribution in [0.25, 0.3) is 0 Å². The molecule has 0 aliphatic carbocycles. The minimum absolute atomic E-state index is 0.656. The highest BCUT2D eigenvalue weighted by atomic mass is 35.5. The van der Waals surface area contributed by atoms with E-state index in [1.165, 1.54) is 11.5 Å². The lowest BCUT2D eigenvalue weighted by molar-refractivity contribution is 0.570. The number of nitrogens with one attached hydrogen (secondary N) is 1. The summed E-state index contributed by atoms with van der Waals surface area (Å²) < 4.78 is 1.74. The zero-order valence-electron chi connectivity index (χ0n) is 7.46. The van der Waals surface area contributed by atoms with Gasteiger partial charge in [0.2, 0.25) is 0 Å². The maximum absolute atomic E-state index is 5.96. The standard InChI is InChI=1S/C8H12ClN3S/c1-12-3-7(9)8(11-12)2-10-6-4-13-5-6/h3,6,10H,2,4-5H2,1H3. The van der Waals surface area contributed by atoms with E-state index in [2.05, 4.69) is 10.4 Å². The molecule has 1 aliphatic rings. The predicted octanol–water partition coefficient (Wildman–Crippen LogP) is 1.28. The molecule has 0 aromatic carbocycles. The first kappa shape index (κ1) is 9.37. The number of nitrogens with zero attached hydrogens (tertiary/aromatic N) is 2. The molecule has 0 spiro atoms. The fourth-order valence-electron chi connectivity index (χ4n) is 1.22. The Morgan fingerprint density at radius 1 is 1.77 bits per heavy atom. The molecule has 1 saturated heterocycles. The predicted molar refractivity (Wildman–Crippen MR) is 56.2 cm³/mol. The average Bonchev–Trinajstić information content (AvgIpc) is 2.27. The summed E-state index contributed by atoms with van der Waals surface area (Å²) in [5.41, 5.74) is 0.945. The molecular weight excluding hydrogens is 206 g/mol. The number of hydrogen-bond acceptors (Lipinski definition) is 3. The normalized spacial score (nSPS) is 17.4. The monoisotopic (exact) mass is 217 g/mol. The fourth-order valence-corrected chi connectivity index (χ4v) is 2.17. The van der Waals surface area contributed by atoms with Crippen molar-refractivity contribution in [2.75, 3.05) is 11.5 Å². The van der Waals surface area contributed by atoms with Crippen LogP contribution in [0.1, 0.15) is 5.69 Å². The first-order valence-electron chi connectivity index (χ1n) is 4.25. The average molecular weight is 218 g/mol. The molecule has 3 nitrogen and oxygen atoms in total. The van der Waals surface area contributed by atoms with Crippen LogP contribution in [-0.4, -0.2) is 27.3 Å². The molecule has 5 heteroatoms. The first-order chi connectivity index (χ1) is 6.25. The minimum Gasteiger partial charge on any atom is -0.307 e. The largest absolute Gasteiger partial charge is 0.307 e. The lowest BCUT2D eigenvalue weighted by Crippen LogP contribution is -2.39. The highest BCUT2D eigenvalue weighted by Crippen LogP contribution is 2.19. The summed E-state index contributed by atoms with van der Waals surface area (Å²) in [6, 6.07) is 0.656. The van der Waals surface area contributed by atoms with Gasteiger partial charge in [-0.1, -0.05) is 11.6 Å². The van der Waals surface area contributed by atoms with Crippen molar-refractivity contribution in [3.05, 3.63) is 16.9 Å². The highest BCUT2D eigenvalue weighted by Gasteiger charge is 2.17. The number of aromatic nitrogens is 2. The Labute approximate surface area is 86.8 Å². The Bertz CT molecular complexity index is 296. The smallest absolute Gasteiger partial charge is 0.0948 e. The zero-order chi connectivity index (χ0) is 9.26. The number of halogens is 1. The molecule has 0 bridgehead atoms.